The van der Waals surface area contributed by atoms with E-state index in [-0.39, 0.29) is 4.90 Å². The first-order chi connectivity index (χ1) is 7.20. The molecule has 0 bridgehead atoms. The van der Waals surface area contributed by atoms with Gasteiger partial charge in [0.05, 0.1) is 12.0 Å². The number of sulfone groups is 1. The third-order valence-corrected chi connectivity index (χ3v) is 7.30. The van der Waals surface area contributed by atoms with Gasteiger partial charge in [-0.1, -0.05) is 0 Å². The number of ether oxygens (including phenoxy) is 1. The minimum atomic E-state index is -3.53. The summed E-state index contributed by atoms with van der Waals surface area (Å²) in [6, 6.07) is 4.69. The minimum Gasteiger partial charge on any atom is -0.496 e. The monoisotopic (exact) mass is 434 g/mol. The van der Waals surface area contributed by atoms with Crippen LogP contribution in [-0.4, -0.2) is 17.0 Å². The van der Waals surface area contributed by atoms with Crippen LogP contribution < -0.4 is 4.74 Å². The van der Waals surface area contributed by atoms with E-state index in [0.29, 0.717) is 5.75 Å². The number of rotatable bonds is 2. The number of benzene rings is 1. The van der Waals surface area contributed by atoms with E-state index in [4.69, 9.17) is 4.74 Å². The molecule has 0 atom stereocenters. The van der Waals surface area contributed by atoms with Crippen molar-refractivity contribution in [3.8, 4) is 5.75 Å². The number of hydrogen-bond donors (Lipinski definition) is 0. The van der Waals surface area contributed by atoms with E-state index < -0.39 is 11.3 Å². The third kappa shape index (κ3) is 2.80. The molecule has 0 aliphatic carbocycles. The van der Waals surface area contributed by atoms with E-state index >= 15 is 0 Å². The van der Waals surface area contributed by atoms with Gasteiger partial charge in [-0.25, -0.2) is 8.42 Å². The van der Waals surface area contributed by atoms with Gasteiger partial charge in [0.2, 0.25) is 11.3 Å². The second-order valence-corrected chi connectivity index (χ2v) is 13.5. The summed E-state index contributed by atoms with van der Waals surface area (Å²) >= 11 is 9.03. The van der Waals surface area contributed by atoms with Gasteiger partial charge in [-0.05, 0) is 78.5 Å². The van der Waals surface area contributed by atoms with Crippen molar-refractivity contribution in [2.45, 2.75) is 13.3 Å². The summed E-state index contributed by atoms with van der Waals surface area (Å²) in [5.74, 6) is 0.656. The number of methoxy groups -OCH3 is 1. The second kappa shape index (κ2) is 4.96. The molecule has 0 aromatic heterocycles. The Hall–Kier alpha value is 0.410. The highest BCUT2D eigenvalue weighted by atomic mass is 80.0. The first-order valence-corrected chi connectivity index (χ1v) is 8.02. The molecule has 1 aromatic rings. The van der Waals surface area contributed by atoms with Crippen LogP contribution >= 0.6 is 47.8 Å². The summed E-state index contributed by atoms with van der Waals surface area (Å²) in [4.78, 5) is 0.205. The molecule has 7 heteroatoms. The van der Waals surface area contributed by atoms with Crippen LogP contribution in [0.15, 0.2) is 23.1 Å². The van der Waals surface area contributed by atoms with Crippen molar-refractivity contribution in [2.75, 3.05) is 7.11 Å². The van der Waals surface area contributed by atoms with E-state index in [2.05, 4.69) is 47.8 Å². The van der Waals surface area contributed by atoms with Crippen LogP contribution in [0.4, 0.5) is 0 Å². The Balaban J connectivity index is 3.32. The molecule has 0 aliphatic heterocycles. The van der Waals surface area contributed by atoms with Crippen molar-refractivity contribution in [3.05, 3.63) is 23.8 Å². The Morgan fingerprint density at radius 3 is 2.19 bits per heavy atom. The van der Waals surface area contributed by atoms with Gasteiger partial charge >= 0.3 is 0 Å². The molecular formula is C9H9Br3O3S. The molecule has 0 spiro atoms. The number of hydrogen-bond acceptors (Lipinski definition) is 3. The lowest BCUT2D eigenvalue weighted by Crippen LogP contribution is -2.17. The van der Waals surface area contributed by atoms with Crippen LogP contribution in [-0.2, 0) is 9.84 Å². The molecule has 3 nitrogen and oxygen atoms in total. The normalized spacial score (nSPS) is 12.6. The number of halogens is 3. The molecule has 90 valence electrons. The summed E-state index contributed by atoms with van der Waals surface area (Å²) in [6.45, 7) is 1.79. The van der Waals surface area contributed by atoms with Crippen LogP contribution in [0.25, 0.3) is 0 Å². The Morgan fingerprint density at radius 2 is 1.81 bits per heavy atom. The highest BCUT2D eigenvalue weighted by molar-refractivity contribution is 9.42. The lowest BCUT2D eigenvalue weighted by molar-refractivity contribution is 0.411. The van der Waals surface area contributed by atoms with Crippen molar-refractivity contribution in [3.63, 3.8) is 0 Å². The van der Waals surface area contributed by atoms with E-state index in [0.717, 1.165) is 5.56 Å². The van der Waals surface area contributed by atoms with Crippen molar-refractivity contribution in [1.82, 2.24) is 0 Å². The summed E-state index contributed by atoms with van der Waals surface area (Å²) in [6.07, 6.45) is 0. The second-order valence-electron chi connectivity index (χ2n) is 3.08. The fraction of sp³-hybridized carbons (Fsp3) is 0.333. The Kier molecular flexibility index (Phi) is 4.48. The molecule has 0 amide bonds. The standard InChI is InChI=1S/C9H9Br3O3S/c1-6-5-7(3-4-8(6)15-2)16(13,14)9(10,11)12/h3-5H,1-2H3. The van der Waals surface area contributed by atoms with Gasteiger partial charge in [0.15, 0.2) is 0 Å². The molecule has 0 heterocycles. The maximum Gasteiger partial charge on any atom is 0.239 e. The zero-order chi connectivity index (χ0) is 12.6. The van der Waals surface area contributed by atoms with E-state index in [9.17, 15) is 8.42 Å². The zero-order valence-corrected chi connectivity index (χ0v) is 14.1. The molecule has 16 heavy (non-hydrogen) atoms. The largest absolute Gasteiger partial charge is 0.496 e. The van der Waals surface area contributed by atoms with Gasteiger partial charge in [0, 0.05) is 0 Å². The molecule has 0 unspecified atom stereocenters. The summed E-state index contributed by atoms with van der Waals surface area (Å²) < 4.78 is 27.8. The first kappa shape index (κ1) is 14.5. The van der Waals surface area contributed by atoms with Gasteiger partial charge in [-0.2, -0.15) is 0 Å². The van der Waals surface area contributed by atoms with Crippen LogP contribution in [0.1, 0.15) is 5.56 Å². The lowest BCUT2D eigenvalue weighted by Gasteiger charge is -2.14. The molecular weight excluding hydrogens is 428 g/mol. The van der Waals surface area contributed by atoms with Gasteiger partial charge < -0.3 is 4.74 Å². The van der Waals surface area contributed by atoms with E-state index in [1.54, 1.807) is 26.2 Å². The van der Waals surface area contributed by atoms with Crippen LogP contribution in [0.5, 0.6) is 5.75 Å². The topological polar surface area (TPSA) is 43.4 Å². The quantitative estimate of drug-likeness (QED) is 0.666. The SMILES string of the molecule is COc1ccc(S(=O)(=O)C(Br)(Br)Br)cc1C. The van der Waals surface area contributed by atoms with Gasteiger partial charge in [0.25, 0.3) is 0 Å². The summed E-state index contributed by atoms with van der Waals surface area (Å²) in [5.41, 5.74) is 0.764. The zero-order valence-electron chi connectivity index (χ0n) is 8.50. The van der Waals surface area contributed by atoms with Gasteiger partial charge in [-0.3, -0.25) is 0 Å². The minimum absolute atomic E-state index is 0.205. The van der Waals surface area contributed by atoms with Crippen LogP contribution in [0, 0.1) is 6.92 Å². The number of alkyl halides is 3. The summed E-state index contributed by atoms with van der Waals surface area (Å²) in [7, 11) is -1.99. The van der Waals surface area contributed by atoms with Gasteiger partial charge in [-0.15, -0.1) is 0 Å². The third-order valence-electron chi connectivity index (χ3n) is 1.98. The highest BCUT2D eigenvalue weighted by Crippen LogP contribution is 2.43. The average molecular weight is 437 g/mol. The molecule has 0 saturated carbocycles. The molecule has 1 aromatic carbocycles. The van der Waals surface area contributed by atoms with Crippen molar-refractivity contribution < 1.29 is 13.2 Å². The van der Waals surface area contributed by atoms with Crippen molar-refractivity contribution >= 4 is 57.6 Å². The summed E-state index contributed by atoms with van der Waals surface area (Å²) in [5, 5.41) is 0. The first-order valence-electron chi connectivity index (χ1n) is 4.16. The predicted octanol–water partition coefficient (Wildman–Crippen LogP) is 3.57. The predicted molar refractivity (Wildman–Crippen MR) is 74.4 cm³/mol. The van der Waals surface area contributed by atoms with Crippen molar-refractivity contribution in [2.24, 2.45) is 0 Å². The van der Waals surface area contributed by atoms with Crippen LogP contribution in [0.2, 0.25) is 0 Å². The fourth-order valence-electron chi connectivity index (χ4n) is 1.15. The number of aryl methyl sites for hydroxylation is 1. The fourth-order valence-corrected chi connectivity index (χ4v) is 3.68. The Labute approximate surface area is 120 Å². The molecule has 0 fully saturated rings. The Bertz CT molecular complexity index is 491. The van der Waals surface area contributed by atoms with E-state index in [1.807, 2.05) is 0 Å². The maximum absolute atomic E-state index is 12.0. The molecule has 1 rings (SSSR count). The highest BCUT2D eigenvalue weighted by Gasteiger charge is 2.37. The smallest absolute Gasteiger partial charge is 0.239 e. The molecule has 0 radical (unpaired) electrons. The Morgan fingerprint density at radius 1 is 1.25 bits per heavy atom. The molecule has 0 N–H and O–H groups in total. The van der Waals surface area contributed by atoms with Gasteiger partial charge in [0.1, 0.15) is 5.75 Å². The molecule has 0 saturated heterocycles. The average Bonchev–Trinajstić information content (AvgIpc) is 2.15. The lowest BCUT2D eigenvalue weighted by atomic mass is 10.2. The van der Waals surface area contributed by atoms with Crippen LogP contribution in [0.3, 0.4) is 0 Å². The molecule has 0 aliphatic rings. The van der Waals surface area contributed by atoms with E-state index in [1.165, 1.54) is 6.07 Å². The maximum atomic E-state index is 12.0. The van der Waals surface area contributed by atoms with Crippen molar-refractivity contribution in [1.29, 1.82) is 0 Å².